The fraction of sp³-hybridized carbons (Fsp3) is 0.179. The Bertz CT molecular complexity index is 1690. The molecule has 0 aliphatic rings. The lowest BCUT2D eigenvalue weighted by Gasteiger charge is -2.16. The van der Waals surface area contributed by atoms with Gasteiger partial charge >= 0.3 is 12.1 Å². The van der Waals surface area contributed by atoms with Crippen LogP contribution in [-0.4, -0.2) is 15.6 Å². The summed E-state index contributed by atoms with van der Waals surface area (Å²) in [5.74, 6) is -3.39. The maximum atomic E-state index is 14.4. The standard InChI is InChI=1S/C28H19F5N2O4/c1-14(2)16-5-17(7-18(6-16)27(37)38)19-8-25(39-13-19)24-10-22(28(31,32)33)21(11-34)26(36)35(24)12-15-3-4-20(29)9-23(15)30/h3-10,13-14H,12H2,1-2H3,(H,37,38). The van der Waals surface area contributed by atoms with Gasteiger partial charge in [0.2, 0.25) is 0 Å². The van der Waals surface area contributed by atoms with Gasteiger partial charge in [0.15, 0.2) is 5.76 Å². The number of pyridine rings is 1. The molecule has 2 aromatic heterocycles. The molecule has 11 heteroatoms. The van der Waals surface area contributed by atoms with E-state index >= 15 is 0 Å². The number of furan rings is 1. The van der Waals surface area contributed by atoms with Crippen LogP contribution in [0.1, 0.15) is 52.4 Å². The summed E-state index contributed by atoms with van der Waals surface area (Å²) in [6.45, 7) is 3.08. The normalized spacial score (nSPS) is 11.6. The Labute approximate surface area is 218 Å². The zero-order chi connectivity index (χ0) is 28.6. The minimum absolute atomic E-state index is 0.0135. The molecule has 0 fully saturated rings. The van der Waals surface area contributed by atoms with Crippen molar-refractivity contribution in [2.75, 3.05) is 0 Å². The van der Waals surface area contributed by atoms with Crippen molar-refractivity contribution in [1.29, 1.82) is 5.26 Å². The molecular formula is C28H19F5N2O4. The van der Waals surface area contributed by atoms with E-state index in [1.807, 2.05) is 13.8 Å². The van der Waals surface area contributed by atoms with Crippen molar-refractivity contribution in [3.63, 3.8) is 0 Å². The Morgan fingerprint density at radius 1 is 1.08 bits per heavy atom. The number of carboxylic acids is 1. The molecule has 2 aromatic carbocycles. The maximum Gasteiger partial charge on any atom is 0.417 e. The Morgan fingerprint density at radius 3 is 2.38 bits per heavy atom. The second-order valence-electron chi connectivity index (χ2n) is 9.06. The predicted octanol–water partition coefficient (Wildman–Crippen LogP) is 6.81. The Hall–Kier alpha value is -4.72. The van der Waals surface area contributed by atoms with Gasteiger partial charge in [-0.25, -0.2) is 13.6 Å². The number of aromatic nitrogens is 1. The molecule has 0 bridgehead atoms. The monoisotopic (exact) mass is 542 g/mol. The average molecular weight is 542 g/mol. The van der Waals surface area contributed by atoms with Gasteiger partial charge in [-0.1, -0.05) is 26.0 Å². The molecule has 0 unspecified atom stereocenters. The molecule has 2 heterocycles. The largest absolute Gasteiger partial charge is 0.478 e. The van der Waals surface area contributed by atoms with Crippen LogP contribution in [0.2, 0.25) is 0 Å². The van der Waals surface area contributed by atoms with E-state index in [-0.39, 0.29) is 22.8 Å². The van der Waals surface area contributed by atoms with Crippen LogP contribution < -0.4 is 5.56 Å². The highest BCUT2D eigenvalue weighted by Crippen LogP contribution is 2.36. The van der Waals surface area contributed by atoms with Crippen LogP contribution in [0, 0.1) is 23.0 Å². The van der Waals surface area contributed by atoms with E-state index in [1.165, 1.54) is 30.5 Å². The molecule has 0 saturated heterocycles. The number of hydrogen-bond acceptors (Lipinski definition) is 4. The number of hydrogen-bond donors (Lipinski definition) is 1. The van der Waals surface area contributed by atoms with Gasteiger partial charge in [0.05, 0.1) is 29.6 Å². The van der Waals surface area contributed by atoms with Crippen molar-refractivity contribution in [3.05, 3.63) is 105 Å². The zero-order valence-electron chi connectivity index (χ0n) is 20.4. The van der Waals surface area contributed by atoms with Gasteiger partial charge in [-0.05, 0) is 47.4 Å². The first-order chi connectivity index (χ1) is 18.3. The van der Waals surface area contributed by atoms with E-state index < -0.39 is 52.7 Å². The van der Waals surface area contributed by atoms with Crippen LogP contribution in [0.25, 0.3) is 22.6 Å². The minimum atomic E-state index is -5.07. The number of aromatic carboxylic acids is 1. The molecule has 200 valence electrons. The number of rotatable bonds is 6. The molecule has 0 aliphatic carbocycles. The van der Waals surface area contributed by atoms with Crippen LogP contribution in [0.5, 0.6) is 0 Å². The summed E-state index contributed by atoms with van der Waals surface area (Å²) in [7, 11) is 0. The quantitative estimate of drug-likeness (QED) is 0.270. The van der Waals surface area contributed by atoms with Crippen LogP contribution in [0.15, 0.2) is 64.0 Å². The van der Waals surface area contributed by atoms with Gasteiger partial charge < -0.3 is 9.52 Å². The second kappa shape index (κ2) is 10.2. The molecule has 4 aromatic rings. The Morgan fingerprint density at radius 2 is 1.79 bits per heavy atom. The molecule has 0 spiro atoms. The third-order valence-corrected chi connectivity index (χ3v) is 6.12. The van der Waals surface area contributed by atoms with Crippen molar-refractivity contribution in [2.24, 2.45) is 0 Å². The summed E-state index contributed by atoms with van der Waals surface area (Å²) in [5.41, 5.74) is -3.30. The minimum Gasteiger partial charge on any atom is -0.478 e. The highest BCUT2D eigenvalue weighted by Gasteiger charge is 2.37. The highest BCUT2D eigenvalue weighted by atomic mass is 19.4. The van der Waals surface area contributed by atoms with E-state index in [0.29, 0.717) is 28.8 Å². The van der Waals surface area contributed by atoms with Crippen LogP contribution in [0.4, 0.5) is 22.0 Å². The topological polar surface area (TPSA) is 96.2 Å². The van der Waals surface area contributed by atoms with E-state index in [1.54, 1.807) is 6.07 Å². The number of nitriles is 1. The molecular weight excluding hydrogens is 523 g/mol. The maximum absolute atomic E-state index is 14.4. The smallest absolute Gasteiger partial charge is 0.417 e. The molecule has 0 saturated carbocycles. The molecule has 0 aliphatic heterocycles. The third kappa shape index (κ3) is 5.45. The molecule has 1 N–H and O–H groups in total. The van der Waals surface area contributed by atoms with Gasteiger partial charge in [0.1, 0.15) is 23.3 Å². The van der Waals surface area contributed by atoms with Crippen molar-refractivity contribution in [1.82, 2.24) is 4.57 Å². The highest BCUT2D eigenvalue weighted by molar-refractivity contribution is 5.90. The number of carbonyl (C=O) groups is 1. The van der Waals surface area contributed by atoms with Crippen LogP contribution in [-0.2, 0) is 12.7 Å². The molecule has 6 nitrogen and oxygen atoms in total. The fourth-order valence-electron chi connectivity index (χ4n) is 4.06. The average Bonchev–Trinajstić information content (AvgIpc) is 3.35. The summed E-state index contributed by atoms with van der Waals surface area (Å²) in [5, 5.41) is 18.8. The number of benzene rings is 2. The van der Waals surface area contributed by atoms with Crippen LogP contribution >= 0.6 is 0 Å². The first kappa shape index (κ1) is 27.3. The fourth-order valence-corrected chi connectivity index (χ4v) is 4.06. The summed E-state index contributed by atoms with van der Waals surface area (Å²) >= 11 is 0. The first-order valence-electron chi connectivity index (χ1n) is 11.5. The molecule has 4 rings (SSSR count). The van der Waals surface area contributed by atoms with Gasteiger partial charge in [-0.15, -0.1) is 0 Å². The summed E-state index contributed by atoms with van der Waals surface area (Å²) in [6, 6.07) is 10.2. The lowest BCUT2D eigenvalue weighted by atomic mass is 9.95. The number of halogens is 5. The van der Waals surface area contributed by atoms with Crippen molar-refractivity contribution in [2.45, 2.75) is 32.5 Å². The van der Waals surface area contributed by atoms with Crippen molar-refractivity contribution in [3.8, 4) is 28.7 Å². The summed E-state index contributed by atoms with van der Waals surface area (Å²) < 4.78 is 75.5. The number of carboxylic acid groups (broad SMARTS) is 1. The summed E-state index contributed by atoms with van der Waals surface area (Å²) in [6.07, 6.45) is -3.89. The lowest BCUT2D eigenvalue weighted by Crippen LogP contribution is -2.29. The van der Waals surface area contributed by atoms with E-state index in [0.717, 1.165) is 16.7 Å². The van der Waals surface area contributed by atoms with Gasteiger partial charge in [0.25, 0.3) is 5.56 Å². The van der Waals surface area contributed by atoms with Crippen molar-refractivity contribution < 1.29 is 36.3 Å². The van der Waals surface area contributed by atoms with Gasteiger partial charge in [-0.3, -0.25) is 9.36 Å². The molecule has 0 atom stereocenters. The van der Waals surface area contributed by atoms with E-state index in [4.69, 9.17) is 4.42 Å². The van der Waals surface area contributed by atoms with Crippen LogP contribution in [0.3, 0.4) is 0 Å². The molecule has 39 heavy (non-hydrogen) atoms. The zero-order valence-corrected chi connectivity index (χ0v) is 20.4. The predicted molar refractivity (Wildman–Crippen MR) is 130 cm³/mol. The van der Waals surface area contributed by atoms with E-state index in [9.17, 15) is 41.9 Å². The van der Waals surface area contributed by atoms with Crippen molar-refractivity contribution >= 4 is 5.97 Å². The first-order valence-corrected chi connectivity index (χ1v) is 11.5. The Balaban J connectivity index is 1.94. The molecule has 0 radical (unpaired) electrons. The van der Waals surface area contributed by atoms with Gasteiger partial charge in [0, 0.05) is 17.2 Å². The third-order valence-electron chi connectivity index (χ3n) is 6.12. The number of alkyl halides is 3. The molecule has 0 amide bonds. The van der Waals surface area contributed by atoms with Gasteiger partial charge in [-0.2, -0.15) is 18.4 Å². The lowest BCUT2D eigenvalue weighted by molar-refractivity contribution is -0.137. The second-order valence-corrected chi connectivity index (χ2v) is 9.06. The summed E-state index contributed by atoms with van der Waals surface area (Å²) in [4.78, 5) is 24.7. The SMILES string of the molecule is CC(C)c1cc(C(=O)O)cc(-c2coc(-c3cc(C(F)(F)F)c(C#N)c(=O)n3Cc3ccc(F)cc3F)c2)c1. The Kier molecular flexibility index (Phi) is 7.15. The number of nitrogens with zero attached hydrogens (tertiary/aromatic N) is 2. The van der Waals surface area contributed by atoms with E-state index in [2.05, 4.69) is 0 Å².